The smallest absolute Gasteiger partial charge is 0.239 e. The van der Waals surface area contributed by atoms with Gasteiger partial charge in [0.1, 0.15) is 0 Å². The van der Waals surface area contributed by atoms with Crippen LogP contribution in [-0.4, -0.2) is 22.9 Å². The van der Waals surface area contributed by atoms with Gasteiger partial charge < -0.3 is 5.11 Å². The summed E-state index contributed by atoms with van der Waals surface area (Å²) in [5.41, 5.74) is 0. The van der Waals surface area contributed by atoms with Crippen molar-refractivity contribution >= 4 is 0 Å². The van der Waals surface area contributed by atoms with Crippen LogP contribution in [0, 0.1) is 23.7 Å². The molecule has 5 nitrogen and oxygen atoms in total. The Morgan fingerprint density at radius 1 is 1.00 bits per heavy atom. The zero-order chi connectivity index (χ0) is 11.2. The second-order valence-electron chi connectivity index (χ2n) is 5.45. The molecular formula is C11H18O5. The van der Waals surface area contributed by atoms with E-state index in [0.29, 0.717) is 0 Å². The molecule has 2 N–H and O–H groups in total. The number of hydrogen-bond acceptors (Lipinski definition) is 5. The summed E-state index contributed by atoms with van der Waals surface area (Å²) in [7, 11) is 0. The van der Waals surface area contributed by atoms with E-state index < -0.39 is 12.6 Å². The number of aliphatic hydroxyl groups excluding tert-OH is 1. The van der Waals surface area contributed by atoms with Gasteiger partial charge in [0.15, 0.2) is 6.79 Å². The zero-order valence-corrected chi connectivity index (χ0v) is 9.17. The van der Waals surface area contributed by atoms with E-state index in [1.165, 1.54) is 6.42 Å². The maximum Gasteiger partial charge on any atom is 0.239 e. The lowest BCUT2D eigenvalue weighted by molar-refractivity contribution is -0.547. The lowest BCUT2D eigenvalue weighted by atomic mass is 9.53. The van der Waals surface area contributed by atoms with Crippen LogP contribution in [-0.2, 0) is 14.7 Å². The molecule has 4 bridgehead atoms. The van der Waals surface area contributed by atoms with Gasteiger partial charge in [-0.3, -0.25) is 0 Å². The normalized spacial score (nSPS) is 49.9. The topological polar surface area (TPSA) is 68.2 Å². The van der Waals surface area contributed by atoms with Crippen LogP contribution in [0.3, 0.4) is 0 Å². The molecule has 4 rings (SSSR count). The molecular weight excluding hydrogens is 212 g/mol. The fourth-order valence-corrected chi connectivity index (χ4v) is 4.26. The molecule has 4 saturated carbocycles. The second-order valence-corrected chi connectivity index (χ2v) is 5.45. The average Bonchev–Trinajstić information content (AvgIpc) is 2.28. The monoisotopic (exact) mass is 230 g/mol. The van der Waals surface area contributed by atoms with Gasteiger partial charge in [0, 0.05) is 11.8 Å². The Balaban J connectivity index is 1.82. The molecule has 4 fully saturated rings. The molecule has 0 aliphatic heterocycles. The fourth-order valence-electron chi connectivity index (χ4n) is 4.26. The van der Waals surface area contributed by atoms with E-state index in [-0.39, 0.29) is 11.8 Å². The Hall–Kier alpha value is -0.200. The maximum atomic E-state index is 9.19. The molecule has 4 aliphatic rings. The molecule has 0 aromatic heterocycles. The highest BCUT2D eigenvalue weighted by Crippen LogP contribution is 2.59. The molecule has 16 heavy (non-hydrogen) atoms. The van der Waals surface area contributed by atoms with Crippen LogP contribution in [0.2, 0.25) is 0 Å². The third-order valence-corrected chi connectivity index (χ3v) is 4.66. The van der Waals surface area contributed by atoms with E-state index in [0.717, 1.165) is 37.5 Å². The van der Waals surface area contributed by atoms with Crippen LogP contribution in [0.4, 0.5) is 0 Å². The average molecular weight is 230 g/mol. The van der Waals surface area contributed by atoms with Crippen LogP contribution in [0.15, 0.2) is 0 Å². The first-order valence-corrected chi connectivity index (χ1v) is 6.02. The van der Waals surface area contributed by atoms with Gasteiger partial charge in [-0.05, 0) is 43.9 Å². The highest BCUT2D eigenvalue weighted by atomic mass is 17.3. The minimum Gasteiger partial charge on any atom is -0.368 e. The van der Waals surface area contributed by atoms with Crippen molar-refractivity contribution in [2.45, 2.75) is 37.9 Å². The molecule has 4 aliphatic carbocycles. The van der Waals surface area contributed by atoms with Crippen molar-refractivity contribution in [1.29, 1.82) is 0 Å². The van der Waals surface area contributed by atoms with Crippen molar-refractivity contribution in [2.24, 2.45) is 23.7 Å². The van der Waals surface area contributed by atoms with Crippen LogP contribution in [0.25, 0.3) is 0 Å². The van der Waals surface area contributed by atoms with Crippen LogP contribution >= 0.6 is 0 Å². The summed E-state index contributed by atoms with van der Waals surface area (Å²) < 4.78 is 0. The van der Waals surface area contributed by atoms with E-state index in [1.54, 1.807) is 0 Å². The first-order valence-electron chi connectivity index (χ1n) is 6.02. The molecule has 0 heterocycles. The van der Waals surface area contributed by atoms with Crippen LogP contribution in [0.5, 0.6) is 0 Å². The highest BCUT2D eigenvalue weighted by Gasteiger charge is 2.61. The van der Waals surface area contributed by atoms with Gasteiger partial charge in [0.05, 0.1) is 0 Å². The Labute approximate surface area is 94.2 Å². The predicted molar refractivity (Wildman–Crippen MR) is 52.7 cm³/mol. The van der Waals surface area contributed by atoms with Gasteiger partial charge in [0.25, 0.3) is 0 Å². The maximum absolute atomic E-state index is 9.19. The number of rotatable bonds is 4. The van der Waals surface area contributed by atoms with E-state index >= 15 is 0 Å². The summed E-state index contributed by atoms with van der Waals surface area (Å²) in [5.74, 6) is 0.864. The van der Waals surface area contributed by atoms with Crippen molar-refractivity contribution in [1.82, 2.24) is 0 Å². The SMILES string of the molecule is OCOOC1(OO)C2CC3CC(C2)CC1C3. The standard InChI is InChI=1S/C11H18O5/c12-6-14-16-11(15-13)9-2-7-1-8(4-9)5-10(11)3-7/h7-10,12-13H,1-6H2. The highest BCUT2D eigenvalue weighted by molar-refractivity contribution is 5.02. The molecule has 0 unspecified atom stereocenters. The zero-order valence-electron chi connectivity index (χ0n) is 9.17. The van der Waals surface area contributed by atoms with Gasteiger partial charge in [-0.25, -0.2) is 15.0 Å². The van der Waals surface area contributed by atoms with Crippen LogP contribution < -0.4 is 0 Å². The van der Waals surface area contributed by atoms with Gasteiger partial charge in [-0.1, -0.05) is 0 Å². The van der Waals surface area contributed by atoms with Gasteiger partial charge in [-0.15, -0.1) is 0 Å². The summed E-state index contributed by atoms with van der Waals surface area (Å²) in [5, 5.41) is 17.8. The Bertz CT molecular complexity index is 239. The summed E-state index contributed by atoms with van der Waals surface area (Å²) >= 11 is 0. The van der Waals surface area contributed by atoms with E-state index in [2.05, 4.69) is 9.78 Å². The molecule has 0 radical (unpaired) electrons. The Morgan fingerprint density at radius 2 is 1.56 bits per heavy atom. The minimum atomic E-state index is -1.03. The van der Waals surface area contributed by atoms with Crippen molar-refractivity contribution in [3.05, 3.63) is 0 Å². The molecule has 0 aromatic rings. The molecule has 0 aromatic carbocycles. The molecule has 0 amide bonds. The summed E-state index contributed by atoms with van der Waals surface area (Å²) in [6.45, 7) is -0.516. The third kappa shape index (κ3) is 1.43. The molecule has 5 heteroatoms. The molecule has 0 atom stereocenters. The fraction of sp³-hybridized carbons (Fsp3) is 1.00. The first-order chi connectivity index (χ1) is 7.78. The first kappa shape index (κ1) is 10.9. The lowest BCUT2D eigenvalue weighted by Gasteiger charge is -2.57. The summed E-state index contributed by atoms with van der Waals surface area (Å²) in [4.78, 5) is 14.5. The van der Waals surface area contributed by atoms with Gasteiger partial charge in [-0.2, -0.15) is 4.89 Å². The lowest BCUT2D eigenvalue weighted by Crippen LogP contribution is -2.60. The Kier molecular flexibility index (Phi) is 2.68. The molecule has 0 spiro atoms. The van der Waals surface area contributed by atoms with E-state index in [1.807, 2.05) is 0 Å². The summed E-state index contributed by atoms with van der Waals surface area (Å²) in [6, 6.07) is 0. The minimum absolute atomic E-state index is 0.195. The van der Waals surface area contributed by atoms with Crippen molar-refractivity contribution in [2.75, 3.05) is 6.79 Å². The second kappa shape index (κ2) is 3.92. The quantitative estimate of drug-likeness (QED) is 0.435. The van der Waals surface area contributed by atoms with Gasteiger partial charge in [0.2, 0.25) is 5.79 Å². The Morgan fingerprint density at radius 3 is 2.00 bits per heavy atom. The number of hydrogen-bond donors (Lipinski definition) is 2. The largest absolute Gasteiger partial charge is 0.368 e. The molecule has 0 saturated heterocycles. The number of aliphatic hydroxyl groups is 1. The van der Waals surface area contributed by atoms with E-state index in [4.69, 9.17) is 9.99 Å². The van der Waals surface area contributed by atoms with Gasteiger partial charge >= 0.3 is 0 Å². The van der Waals surface area contributed by atoms with Crippen molar-refractivity contribution < 1.29 is 25.0 Å². The van der Waals surface area contributed by atoms with Crippen molar-refractivity contribution in [3.63, 3.8) is 0 Å². The summed E-state index contributed by atoms with van der Waals surface area (Å²) in [6.07, 6.45) is 5.44. The van der Waals surface area contributed by atoms with E-state index in [9.17, 15) is 5.26 Å². The van der Waals surface area contributed by atoms with Crippen LogP contribution in [0.1, 0.15) is 32.1 Å². The molecule has 92 valence electrons. The third-order valence-electron chi connectivity index (χ3n) is 4.66. The predicted octanol–water partition coefficient (Wildman–Crippen LogP) is 1.53. The van der Waals surface area contributed by atoms with Crippen molar-refractivity contribution in [3.8, 4) is 0 Å².